The summed E-state index contributed by atoms with van der Waals surface area (Å²) in [5.74, 6) is 0. The van der Waals surface area contributed by atoms with E-state index in [9.17, 15) is 13.2 Å². The van der Waals surface area contributed by atoms with Gasteiger partial charge >= 0.3 is 0 Å². The number of benzene rings is 2. The van der Waals surface area contributed by atoms with Crippen molar-refractivity contribution in [3.05, 3.63) is 75.6 Å². The van der Waals surface area contributed by atoms with Crippen molar-refractivity contribution in [3.63, 3.8) is 0 Å². The highest BCUT2D eigenvalue weighted by molar-refractivity contribution is 7.89. The first-order chi connectivity index (χ1) is 14.3. The average Bonchev–Trinajstić information content (AvgIpc) is 3.22. The number of H-pyrrole nitrogens is 1. The van der Waals surface area contributed by atoms with E-state index in [4.69, 9.17) is 4.74 Å². The van der Waals surface area contributed by atoms with Gasteiger partial charge in [-0.3, -0.25) is 4.79 Å². The number of nitrogens with one attached hydrogen (secondary N) is 1. The normalized spacial score (nSPS) is 17.1. The van der Waals surface area contributed by atoms with Gasteiger partial charge < -0.3 is 9.72 Å². The number of hydrogen-bond acceptors (Lipinski definition) is 4. The third kappa shape index (κ3) is 4.33. The first-order valence-electron chi connectivity index (χ1n) is 10.1. The highest BCUT2D eigenvalue weighted by atomic mass is 32.2. The van der Waals surface area contributed by atoms with E-state index in [1.807, 2.05) is 32.0 Å². The van der Waals surface area contributed by atoms with Gasteiger partial charge in [-0.2, -0.15) is 4.31 Å². The number of nitrogens with zero attached hydrogens (tertiary/aromatic N) is 1. The van der Waals surface area contributed by atoms with E-state index in [1.54, 1.807) is 30.3 Å². The van der Waals surface area contributed by atoms with Crippen molar-refractivity contribution in [1.29, 1.82) is 0 Å². The number of ether oxygens (including phenoxy) is 1. The molecule has 2 heterocycles. The fourth-order valence-corrected chi connectivity index (χ4v) is 5.25. The molecule has 1 N–H and O–H groups in total. The summed E-state index contributed by atoms with van der Waals surface area (Å²) in [6.45, 7) is 4.75. The first kappa shape index (κ1) is 20.8. The van der Waals surface area contributed by atoms with Gasteiger partial charge in [-0.1, -0.05) is 29.3 Å². The van der Waals surface area contributed by atoms with Crippen molar-refractivity contribution in [1.82, 2.24) is 9.29 Å². The first-order valence-corrected chi connectivity index (χ1v) is 11.6. The van der Waals surface area contributed by atoms with E-state index < -0.39 is 10.0 Å². The van der Waals surface area contributed by atoms with Crippen LogP contribution in [0.15, 0.2) is 58.2 Å². The molecule has 1 fully saturated rings. The minimum atomic E-state index is -3.78. The summed E-state index contributed by atoms with van der Waals surface area (Å²) in [6, 6.07) is 14.3. The number of pyridine rings is 1. The second-order valence-corrected chi connectivity index (χ2v) is 9.90. The maximum absolute atomic E-state index is 13.4. The molecule has 7 heteroatoms. The zero-order chi connectivity index (χ0) is 21.3. The molecule has 0 aliphatic carbocycles. The van der Waals surface area contributed by atoms with Crippen LogP contribution in [-0.2, 0) is 21.3 Å². The fourth-order valence-electron chi connectivity index (χ4n) is 3.80. The average molecular weight is 427 g/mol. The summed E-state index contributed by atoms with van der Waals surface area (Å²) in [4.78, 5) is 15.8. The quantitative estimate of drug-likeness (QED) is 0.654. The molecule has 1 aliphatic heterocycles. The molecule has 0 amide bonds. The van der Waals surface area contributed by atoms with E-state index in [0.717, 1.165) is 34.9 Å². The zero-order valence-corrected chi connectivity index (χ0v) is 18.0. The topological polar surface area (TPSA) is 79.5 Å². The molecule has 30 heavy (non-hydrogen) atoms. The molecular weight excluding hydrogens is 400 g/mol. The van der Waals surface area contributed by atoms with E-state index >= 15 is 0 Å². The van der Waals surface area contributed by atoms with Crippen molar-refractivity contribution < 1.29 is 13.2 Å². The predicted octanol–water partition coefficient (Wildman–Crippen LogP) is 3.51. The minimum absolute atomic E-state index is 0.00468. The second kappa shape index (κ2) is 8.34. The predicted molar refractivity (Wildman–Crippen MR) is 117 cm³/mol. The monoisotopic (exact) mass is 426 g/mol. The molecule has 1 aliphatic rings. The Hall–Kier alpha value is -2.48. The number of aromatic nitrogens is 1. The third-order valence-electron chi connectivity index (χ3n) is 5.51. The van der Waals surface area contributed by atoms with E-state index in [0.29, 0.717) is 12.2 Å². The number of hydrogen-bond donors (Lipinski definition) is 1. The van der Waals surface area contributed by atoms with Crippen molar-refractivity contribution in [3.8, 4) is 0 Å². The summed E-state index contributed by atoms with van der Waals surface area (Å²) in [5, 5.41) is 0.884. The third-order valence-corrected chi connectivity index (χ3v) is 7.34. The van der Waals surface area contributed by atoms with Gasteiger partial charge in [0.1, 0.15) is 0 Å². The van der Waals surface area contributed by atoms with Crippen LogP contribution in [0.4, 0.5) is 0 Å². The lowest BCUT2D eigenvalue weighted by atomic mass is 10.1. The summed E-state index contributed by atoms with van der Waals surface area (Å²) in [7, 11) is -3.78. The van der Waals surface area contributed by atoms with Crippen LogP contribution in [-0.4, -0.2) is 37.0 Å². The summed E-state index contributed by atoms with van der Waals surface area (Å²) < 4.78 is 33.9. The van der Waals surface area contributed by atoms with Crippen LogP contribution >= 0.6 is 0 Å². The Morgan fingerprint density at radius 3 is 2.50 bits per heavy atom. The van der Waals surface area contributed by atoms with Gasteiger partial charge in [0.05, 0.1) is 11.0 Å². The van der Waals surface area contributed by atoms with Gasteiger partial charge in [0.25, 0.3) is 5.56 Å². The number of sulfonamides is 1. The van der Waals surface area contributed by atoms with Crippen LogP contribution in [0.2, 0.25) is 0 Å². The molecule has 4 rings (SSSR count). The smallest absolute Gasteiger partial charge is 0.252 e. The number of rotatable bonds is 6. The van der Waals surface area contributed by atoms with Crippen LogP contribution in [0, 0.1) is 13.8 Å². The largest absolute Gasteiger partial charge is 0.377 e. The van der Waals surface area contributed by atoms with Gasteiger partial charge in [-0.15, -0.1) is 0 Å². The fraction of sp³-hybridized carbons (Fsp3) is 0.348. The number of aromatic amines is 1. The molecular formula is C23H26N2O4S. The molecule has 3 aromatic rings. The van der Waals surface area contributed by atoms with Crippen LogP contribution in [0.1, 0.15) is 29.5 Å². The number of aryl methyl sites for hydroxylation is 2. The van der Waals surface area contributed by atoms with Gasteiger partial charge in [-0.25, -0.2) is 8.42 Å². The lowest BCUT2D eigenvalue weighted by Crippen LogP contribution is -2.38. The van der Waals surface area contributed by atoms with Crippen LogP contribution in [0.5, 0.6) is 0 Å². The number of fused-ring (bicyclic) bond motifs is 1. The Labute approximate surface area is 176 Å². The molecule has 0 saturated carbocycles. The zero-order valence-electron chi connectivity index (χ0n) is 17.2. The molecule has 6 nitrogen and oxygen atoms in total. The molecule has 1 atom stereocenters. The van der Waals surface area contributed by atoms with Crippen LogP contribution < -0.4 is 5.56 Å². The summed E-state index contributed by atoms with van der Waals surface area (Å²) >= 11 is 0. The molecule has 2 aromatic carbocycles. The van der Waals surface area contributed by atoms with E-state index in [1.165, 1.54) is 4.31 Å². The molecule has 1 aromatic heterocycles. The highest BCUT2D eigenvalue weighted by Crippen LogP contribution is 2.23. The van der Waals surface area contributed by atoms with Crippen LogP contribution in [0.25, 0.3) is 10.9 Å². The van der Waals surface area contributed by atoms with Crippen molar-refractivity contribution >= 4 is 20.9 Å². The Morgan fingerprint density at radius 1 is 1.07 bits per heavy atom. The SMILES string of the molecule is Cc1ccc(S(=O)(=O)N(Cc2cc3cc(C)ccc3[nH]c2=O)C[C@H]2CCCO2)cc1. The maximum Gasteiger partial charge on any atom is 0.252 e. The minimum Gasteiger partial charge on any atom is -0.377 e. The Balaban J connectivity index is 1.72. The molecule has 158 valence electrons. The maximum atomic E-state index is 13.4. The van der Waals surface area contributed by atoms with Gasteiger partial charge in [0.2, 0.25) is 10.0 Å². The van der Waals surface area contributed by atoms with Crippen molar-refractivity contribution in [2.75, 3.05) is 13.2 Å². The van der Waals surface area contributed by atoms with Gasteiger partial charge in [-0.05, 0) is 62.4 Å². The summed E-state index contributed by atoms with van der Waals surface area (Å²) in [6.07, 6.45) is 1.57. The highest BCUT2D eigenvalue weighted by Gasteiger charge is 2.30. The van der Waals surface area contributed by atoms with Gasteiger partial charge in [0, 0.05) is 30.8 Å². The Bertz CT molecular complexity index is 1210. The van der Waals surface area contributed by atoms with Crippen molar-refractivity contribution in [2.45, 2.75) is 44.2 Å². The van der Waals surface area contributed by atoms with Crippen LogP contribution in [0.3, 0.4) is 0 Å². The Morgan fingerprint density at radius 2 is 1.80 bits per heavy atom. The molecule has 0 unspecified atom stereocenters. The van der Waals surface area contributed by atoms with Gasteiger partial charge in [0.15, 0.2) is 0 Å². The molecule has 0 bridgehead atoms. The lowest BCUT2D eigenvalue weighted by Gasteiger charge is -2.25. The van der Waals surface area contributed by atoms with Crippen molar-refractivity contribution in [2.24, 2.45) is 0 Å². The molecule has 0 spiro atoms. The van der Waals surface area contributed by atoms with E-state index in [2.05, 4.69) is 4.98 Å². The Kier molecular flexibility index (Phi) is 5.77. The standard InChI is InChI=1S/C23H26N2O4S/c1-16-5-8-21(9-6-16)30(27,28)25(15-20-4-3-11-29-20)14-19-13-18-12-17(2)7-10-22(18)24-23(19)26/h5-10,12-13,20H,3-4,11,14-15H2,1-2H3,(H,24,26)/t20-/m1/s1. The summed E-state index contributed by atoms with van der Waals surface area (Å²) in [5.41, 5.74) is 2.94. The van der Waals surface area contributed by atoms with E-state index in [-0.39, 0.29) is 29.6 Å². The molecule has 0 radical (unpaired) electrons. The lowest BCUT2D eigenvalue weighted by molar-refractivity contribution is 0.0925. The second-order valence-electron chi connectivity index (χ2n) is 7.96. The molecule has 1 saturated heterocycles.